The predicted molar refractivity (Wildman–Crippen MR) is 77.9 cm³/mol. The lowest BCUT2D eigenvalue weighted by molar-refractivity contribution is 0.361. The van der Waals surface area contributed by atoms with Crippen molar-refractivity contribution in [1.29, 1.82) is 0 Å². The van der Waals surface area contributed by atoms with Crippen LogP contribution < -0.4 is 5.32 Å². The molecule has 0 amide bonds. The summed E-state index contributed by atoms with van der Waals surface area (Å²) < 4.78 is 2.04. The Balaban J connectivity index is 2.63. The smallest absolute Gasteiger partial charge is 0.0640 e. The van der Waals surface area contributed by atoms with Crippen LogP contribution in [0.1, 0.15) is 59.2 Å². The van der Waals surface area contributed by atoms with Gasteiger partial charge in [-0.05, 0) is 38.8 Å². The topological polar surface area (TPSA) is 29.9 Å². The molecule has 18 heavy (non-hydrogen) atoms. The van der Waals surface area contributed by atoms with Crippen molar-refractivity contribution in [2.45, 2.75) is 66.0 Å². The molecule has 104 valence electrons. The Bertz CT molecular complexity index is 330. The molecule has 0 radical (unpaired) electrons. The summed E-state index contributed by atoms with van der Waals surface area (Å²) in [6, 6.07) is 3.15. The molecule has 0 aliphatic rings. The van der Waals surface area contributed by atoms with E-state index >= 15 is 0 Å². The van der Waals surface area contributed by atoms with E-state index < -0.39 is 0 Å². The standard InChI is InChI=1S/C15H29N3/c1-6-9-16-15(13(5)7-2)11-14-8-10-18(17-14)12(3)4/h8,10,12-13,15-16H,6-7,9,11H2,1-5H3. The van der Waals surface area contributed by atoms with Crippen molar-refractivity contribution >= 4 is 0 Å². The summed E-state index contributed by atoms with van der Waals surface area (Å²) >= 11 is 0. The van der Waals surface area contributed by atoms with Gasteiger partial charge in [-0.3, -0.25) is 4.68 Å². The predicted octanol–water partition coefficient (Wildman–Crippen LogP) is 3.42. The fraction of sp³-hybridized carbons (Fsp3) is 0.800. The Labute approximate surface area is 112 Å². The third-order valence-corrected chi connectivity index (χ3v) is 3.61. The highest BCUT2D eigenvalue weighted by molar-refractivity contribution is 5.02. The summed E-state index contributed by atoms with van der Waals surface area (Å²) in [6.45, 7) is 12.2. The summed E-state index contributed by atoms with van der Waals surface area (Å²) in [7, 11) is 0. The molecule has 1 rings (SSSR count). The summed E-state index contributed by atoms with van der Waals surface area (Å²) in [4.78, 5) is 0. The molecule has 1 aromatic heterocycles. The van der Waals surface area contributed by atoms with Crippen molar-refractivity contribution in [3.05, 3.63) is 18.0 Å². The maximum absolute atomic E-state index is 4.65. The van der Waals surface area contributed by atoms with Crippen molar-refractivity contribution in [1.82, 2.24) is 15.1 Å². The van der Waals surface area contributed by atoms with Crippen LogP contribution in [0, 0.1) is 5.92 Å². The second-order valence-electron chi connectivity index (χ2n) is 5.53. The van der Waals surface area contributed by atoms with E-state index in [2.05, 4.69) is 57.3 Å². The van der Waals surface area contributed by atoms with Gasteiger partial charge in [0.2, 0.25) is 0 Å². The third kappa shape index (κ3) is 4.45. The molecule has 0 aromatic carbocycles. The van der Waals surface area contributed by atoms with Gasteiger partial charge in [0, 0.05) is 24.7 Å². The van der Waals surface area contributed by atoms with Crippen molar-refractivity contribution in [3.63, 3.8) is 0 Å². The lowest BCUT2D eigenvalue weighted by Crippen LogP contribution is -2.37. The molecule has 0 saturated carbocycles. The first-order valence-corrected chi connectivity index (χ1v) is 7.35. The Kier molecular flexibility index (Phi) is 6.41. The first kappa shape index (κ1) is 15.2. The number of nitrogens with zero attached hydrogens (tertiary/aromatic N) is 2. The Morgan fingerprint density at radius 1 is 1.28 bits per heavy atom. The average molecular weight is 251 g/mol. The molecule has 3 heteroatoms. The molecule has 1 aromatic rings. The number of aromatic nitrogens is 2. The second kappa shape index (κ2) is 7.57. The van der Waals surface area contributed by atoms with Gasteiger partial charge in [0.1, 0.15) is 0 Å². The molecule has 1 N–H and O–H groups in total. The SMILES string of the molecule is CCCNC(Cc1ccn(C(C)C)n1)C(C)CC. The minimum absolute atomic E-state index is 0.449. The first-order chi connectivity index (χ1) is 8.58. The molecule has 0 saturated heterocycles. The number of hydrogen-bond acceptors (Lipinski definition) is 2. The largest absolute Gasteiger partial charge is 0.313 e. The Hall–Kier alpha value is -0.830. The molecule has 3 nitrogen and oxygen atoms in total. The van der Waals surface area contributed by atoms with E-state index in [9.17, 15) is 0 Å². The zero-order chi connectivity index (χ0) is 13.5. The van der Waals surface area contributed by atoms with Crippen LogP contribution in [-0.2, 0) is 6.42 Å². The lowest BCUT2D eigenvalue weighted by Gasteiger charge is -2.23. The van der Waals surface area contributed by atoms with Gasteiger partial charge in [-0.15, -0.1) is 0 Å². The van der Waals surface area contributed by atoms with E-state index in [1.54, 1.807) is 0 Å². The van der Waals surface area contributed by atoms with Crippen molar-refractivity contribution in [2.24, 2.45) is 5.92 Å². The highest BCUT2D eigenvalue weighted by Crippen LogP contribution is 2.14. The molecule has 0 spiro atoms. The maximum Gasteiger partial charge on any atom is 0.0640 e. The highest BCUT2D eigenvalue weighted by Gasteiger charge is 2.17. The number of nitrogens with one attached hydrogen (secondary N) is 1. The van der Waals surface area contributed by atoms with Crippen LogP contribution in [0.4, 0.5) is 0 Å². The summed E-state index contributed by atoms with van der Waals surface area (Å²) in [5, 5.41) is 8.31. The van der Waals surface area contributed by atoms with Crippen molar-refractivity contribution < 1.29 is 0 Å². The lowest BCUT2D eigenvalue weighted by atomic mass is 9.95. The van der Waals surface area contributed by atoms with Gasteiger partial charge >= 0.3 is 0 Å². The quantitative estimate of drug-likeness (QED) is 0.767. The minimum atomic E-state index is 0.449. The molecular formula is C15H29N3. The minimum Gasteiger partial charge on any atom is -0.313 e. The monoisotopic (exact) mass is 251 g/mol. The maximum atomic E-state index is 4.65. The van der Waals surface area contributed by atoms with Crippen molar-refractivity contribution in [3.8, 4) is 0 Å². The van der Waals surface area contributed by atoms with Crippen LogP contribution in [0.25, 0.3) is 0 Å². The van der Waals surface area contributed by atoms with E-state index in [0.717, 1.165) is 13.0 Å². The van der Waals surface area contributed by atoms with E-state index in [-0.39, 0.29) is 0 Å². The van der Waals surface area contributed by atoms with Crippen molar-refractivity contribution in [2.75, 3.05) is 6.54 Å². The van der Waals surface area contributed by atoms with Gasteiger partial charge in [0.15, 0.2) is 0 Å². The molecule has 2 unspecified atom stereocenters. The van der Waals surface area contributed by atoms with E-state index in [0.29, 0.717) is 18.0 Å². The highest BCUT2D eigenvalue weighted by atomic mass is 15.3. The molecule has 0 aliphatic heterocycles. The summed E-state index contributed by atoms with van der Waals surface area (Å²) in [6.07, 6.45) is 5.53. The fourth-order valence-electron chi connectivity index (χ4n) is 2.09. The summed E-state index contributed by atoms with van der Waals surface area (Å²) in [5.74, 6) is 0.695. The van der Waals surface area contributed by atoms with Gasteiger partial charge in [-0.25, -0.2) is 0 Å². The molecule has 0 fully saturated rings. The van der Waals surface area contributed by atoms with Crippen LogP contribution in [-0.4, -0.2) is 22.4 Å². The molecule has 0 bridgehead atoms. The van der Waals surface area contributed by atoms with E-state index in [1.165, 1.54) is 18.5 Å². The van der Waals surface area contributed by atoms with Gasteiger partial charge < -0.3 is 5.32 Å². The van der Waals surface area contributed by atoms with Crippen LogP contribution >= 0.6 is 0 Å². The van der Waals surface area contributed by atoms with Crippen LogP contribution in [0.5, 0.6) is 0 Å². The van der Waals surface area contributed by atoms with Crippen LogP contribution in [0.15, 0.2) is 12.3 Å². The molecule has 0 aliphatic carbocycles. The first-order valence-electron chi connectivity index (χ1n) is 7.35. The Morgan fingerprint density at radius 2 is 2.00 bits per heavy atom. The van der Waals surface area contributed by atoms with E-state index in [1.807, 2.05) is 4.68 Å². The number of rotatable bonds is 8. The van der Waals surface area contributed by atoms with Crippen LogP contribution in [0.2, 0.25) is 0 Å². The summed E-state index contributed by atoms with van der Waals surface area (Å²) in [5.41, 5.74) is 1.21. The fourth-order valence-corrected chi connectivity index (χ4v) is 2.09. The Morgan fingerprint density at radius 3 is 2.50 bits per heavy atom. The van der Waals surface area contributed by atoms with Gasteiger partial charge in [-0.2, -0.15) is 5.10 Å². The number of hydrogen-bond donors (Lipinski definition) is 1. The average Bonchev–Trinajstić information content (AvgIpc) is 2.82. The van der Waals surface area contributed by atoms with Gasteiger partial charge in [0.05, 0.1) is 5.69 Å². The molecule has 1 heterocycles. The van der Waals surface area contributed by atoms with Gasteiger partial charge in [0.25, 0.3) is 0 Å². The zero-order valence-electron chi connectivity index (χ0n) is 12.6. The third-order valence-electron chi connectivity index (χ3n) is 3.61. The zero-order valence-corrected chi connectivity index (χ0v) is 12.6. The van der Waals surface area contributed by atoms with E-state index in [4.69, 9.17) is 0 Å². The normalized spacial score (nSPS) is 15.0. The molecule has 2 atom stereocenters. The van der Waals surface area contributed by atoms with Gasteiger partial charge in [-0.1, -0.05) is 27.2 Å². The molecular weight excluding hydrogens is 222 g/mol. The van der Waals surface area contributed by atoms with Crippen LogP contribution in [0.3, 0.4) is 0 Å². The second-order valence-corrected chi connectivity index (χ2v) is 5.53.